The number of piperidine rings is 1. The molecule has 3 heterocycles. The van der Waals surface area contributed by atoms with E-state index in [2.05, 4.69) is 9.97 Å². The van der Waals surface area contributed by atoms with Crippen molar-refractivity contribution in [3.63, 3.8) is 0 Å². The Hall–Kier alpha value is -1.65. The number of thioether (sulfide) groups is 1. The average Bonchev–Trinajstić information content (AvgIpc) is 3.26. The van der Waals surface area contributed by atoms with Crippen LogP contribution in [0.15, 0.2) is 57.9 Å². The smallest absolute Gasteiger partial charge is 0.244 e. The standard InChI is InChI=1S/C21H22ClN3O3S3/c22-16-4-6-18(7-5-16)28-13-21-24-17(15-30-21)14-29-20-9-8-19(12-23-20)31(26,27)25-10-2-1-3-11-25/h4-9,12,15H,1-3,10-11,13-14H2. The zero-order valence-corrected chi connectivity index (χ0v) is 19.9. The Labute approximate surface area is 195 Å². The van der Waals surface area contributed by atoms with Gasteiger partial charge in [0.2, 0.25) is 10.0 Å². The molecule has 3 aromatic rings. The topological polar surface area (TPSA) is 72.4 Å². The molecular weight excluding hydrogens is 474 g/mol. The van der Waals surface area contributed by atoms with Crippen LogP contribution < -0.4 is 4.74 Å². The highest BCUT2D eigenvalue weighted by molar-refractivity contribution is 7.98. The summed E-state index contributed by atoms with van der Waals surface area (Å²) in [4.78, 5) is 9.19. The van der Waals surface area contributed by atoms with Crippen LogP contribution in [0.4, 0.5) is 0 Å². The fourth-order valence-electron chi connectivity index (χ4n) is 3.16. The van der Waals surface area contributed by atoms with Crippen molar-refractivity contribution in [2.45, 2.75) is 41.5 Å². The van der Waals surface area contributed by atoms with Crippen LogP contribution >= 0.6 is 34.7 Å². The van der Waals surface area contributed by atoms with Gasteiger partial charge in [-0.2, -0.15) is 4.31 Å². The van der Waals surface area contributed by atoms with Gasteiger partial charge in [-0.05, 0) is 49.2 Å². The lowest BCUT2D eigenvalue weighted by Crippen LogP contribution is -2.35. The van der Waals surface area contributed by atoms with Crippen molar-refractivity contribution in [2.75, 3.05) is 13.1 Å². The van der Waals surface area contributed by atoms with E-state index in [-0.39, 0.29) is 4.90 Å². The summed E-state index contributed by atoms with van der Waals surface area (Å²) in [6, 6.07) is 10.6. The van der Waals surface area contributed by atoms with E-state index in [4.69, 9.17) is 16.3 Å². The number of ether oxygens (including phenoxy) is 1. The molecule has 31 heavy (non-hydrogen) atoms. The van der Waals surface area contributed by atoms with Crippen LogP contribution in [0.3, 0.4) is 0 Å². The maximum Gasteiger partial charge on any atom is 0.244 e. The molecule has 1 aliphatic heterocycles. The summed E-state index contributed by atoms with van der Waals surface area (Å²) in [6.45, 7) is 1.58. The molecule has 1 saturated heterocycles. The van der Waals surface area contributed by atoms with Gasteiger partial charge >= 0.3 is 0 Å². The summed E-state index contributed by atoms with van der Waals surface area (Å²) in [5.41, 5.74) is 0.941. The number of hydrogen-bond donors (Lipinski definition) is 0. The number of halogens is 1. The minimum atomic E-state index is -3.44. The summed E-state index contributed by atoms with van der Waals surface area (Å²) in [6.07, 6.45) is 4.38. The summed E-state index contributed by atoms with van der Waals surface area (Å²) in [5, 5.41) is 4.33. The van der Waals surface area contributed by atoms with E-state index in [1.807, 2.05) is 17.5 Å². The van der Waals surface area contributed by atoms with Crippen molar-refractivity contribution < 1.29 is 13.2 Å². The van der Waals surface area contributed by atoms with Crippen LogP contribution in [0.2, 0.25) is 5.02 Å². The van der Waals surface area contributed by atoms with Crippen molar-refractivity contribution >= 4 is 44.7 Å². The Bertz CT molecular complexity index is 1100. The van der Waals surface area contributed by atoms with E-state index in [0.29, 0.717) is 30.5 Å². The first kappa shape index (κ1) is 22.5. The summed E-state index contributed by atoms with van der Waals surface area (Å²) < 4.78 is 32.7. The minimum Gasteiger partial charge on any atom is -0.486 e. The first-order chi connectivity index (χ1) is 15.0. The molecule has 10 heteroatoms. The summed E-state index contributed by atoms with van der Waals surface area (Å²) in [7, 11) is -3.44. The molecule has 0 bridgehead atoms. The predicted octanol–water partition coefficient (Wildman–Crippen LogP) is 5.24. The first-order valence-electron chi connectivity index (χ1n) is 9.91. The van der Waals surface area contributed by atoms with Gasteiger partial charge in [0.15, 0.2) is 0 Å². The molecule has 1 aliphatic rings. The number of thiazole rings is 1. The van der Waals surface area contributed by atoms with Crippen LogP contribution in [-0.4, -0.2) is 35.8 Å². The predicted molar refractivity (Wildman–Crippen MR) is 124 cm³/mol. The van der Waals surface area contributed by atoms with Crippen LogP contribution in [0, 0.1) is 0 Å². The second kappa shape index (κ2) is 10.3. The second-order valence-electron chi connectivity index (χ2n) is 7.06. The van der Waals surface area contributed by atoms with Gasteiger partial charge in [0.1, 0.15) is 22.3 Å². The normalized spacial score (nSPS) is 15.1. The minimum absolute atomic E-state index is 0.258. The fourth-order valence-corrected chi connectivity index (χ4v) is 6.30. The Balaban J connectivity index is 1.30. The Morgan fingerprint density at radius 1 is 1.10 bits per heavy atom. The molecule has 4 rings (SSSR count). The van der Waals surface area contributed by atoms with Gasteiger partial charge in [0.05, 0.1) is 10.7 Å². The van der Waals surface area contributed by atoms with Crippen molar-refractivity contribution in [3.8, 4) is 5.75 Å². The quantitative estimate of drug-likeness (QED) is 0.398. The van der Waals surface area contributed by atoms with Gasteiger partial charge in [-0.15, -0.1) is 23.1 Å². The summed E-state index contributed by atoms with van der Waals surface area (Å²) >= 11 is 8.95. The highest BCUT2D eigenvalue weighted by Gasteiger charge is 2.26. The van der Waals surface area contributed by atoms with E-state index in [1.54, 1.807) is 39.9 Å². The van der Waals surface area contributed by atoms with Crippen molar-refractivity contribution in [3.05, 3.63) is 63.7 Å². The third kappa shape index (κ3) is 5.98. The second-order valence-corrected chi connectivity index (χ2v) is 11.4. The van der Waals surface area contributed by atoms with E-state index < -0.39 is 10.0 Å². The largest absolute Gasteiger partial charge is 0.486 e. The molecule has 0 radical (unpaired) electrons. The number of nitrogens with zero attached hydrogens (tertiary/aromatic N) is 3. The third-order valence-electron chi connectivity index (χ3n) is 4.81. The fraction of sp³-hybridized carbons (Fsp3) is 0.333. The Morgan fingerprint density at radius 3 is 2.58 bits per heavy atom. The molecule has 0 unspecified atom stereocenters. The van der Waals surface area contributed by atoms with E-state index in [0.717, 1.165) is 40.7 Å². The molecule has 0 spiro atoms. The summed E-state index contributed by atoms with van der Waals surface area (Å²) in [5.74, 6) is 1.40. The van der Waals surface area contributed by atoms with E-state index in [1.165, 1.54) is 18.0 Å². The molecule has 0 saturated carbocycles. The van der Waals surface area contributed by atoms with Crippen LogP contribution in [0.5, 0.6) is 5.75 Å². The third-order valence-corrected chi connectivity index (χ3v) is 8.79. The molecule has 6 nitrogen and oxygen atoms in total. The molecule has 0 amide bonds. The molecule has 164 valence electrons. The molecule has 0 atom stereocenters. The van der Waals surface area contributed by atoms with Crippen molar-refractivity contribution in [1.82, 2.24) is 14.3 Å². The number of hydrogen-bond acceptors (Lipinski definition) is 7. The Morgan fingerprint density at radius 2 is 1.87 bits per heavy atom. The highest BCUT2D eigenvalue weighted by atomic mass is 35.5. The lowest BCUT2D eigenvalue weighted by atomic mass is 10.2. The Kier molecular flexibility index (Phi) is 7.50. The maximum atomic E-state index is 12.7. The molecule has 0 N–H and O–H groups in total. The van der Waals surface area contributed by atoms with Gasteiger partial charge < -0.3 is 4.74 Å². The lowest BCUT2D eigenvalue weighted by Gasteiger charge is -2.25. The van der Waals surface area contributed by atoms with Gasteiger partial charge in [0, 0.05) is 35.4 Å². The number of rotatable bonds is 8. The maximum absolute atomic E-state index is 12.7. The monoisotopic (exact) mass is 495 g/mol. The van der Waals surface area contributed by atoms with Gasteiger partial charge in [0.25, 0.3) is 0 Å². The average molecular weight is 496 g/mol. The number of pyridine rings is 1. The van der Waals surface area contributed by atoms with Crippen molar-refractivity contribution in [1.29, 1.82) is 0 Å². The van der Waals surface area contributed by atoms with Crippen LogP contribution in [-0.2, 0) is 22.4 Å². The zero-order chi connectivity index (χ0) is 21.7. The number of sulfonamides is 1. The lowest BCUT2D eigenvalue weighted by molar-refractivity contribution is 0.305. The molecule has 0 aliphatic carbocycles. The first-order valence-corrected chi connectivity index (χ1v) is 13.6. The van der Waals surface area contributed by atoms with Gasteiger partial charge in [-0.1, -0.05) is 18.0 Å². The zero-order valence-electron chi connectivity index (χ0n) is 16.7. The molecule has 1 fully saturated rings. The van der Waals surface area contributed by atoms with Crippen LogP contribution in [0.25, 0.3) is 0 Å². The molecular formula is C21H22ClN3O3S3. The molecule has 1 aromatic carbocycles. The number of aromatic nitrogens is 2. The van der Waals surface area contributed by atoms with Crippen LogP contribution in [0.1, 0.15) is 30.0 Å². The SMILES string of the molecule is O=S(=O)(c1ccc(SCc2csc(COc3ccc(Cl)cc3)n2)nc1)N1CCCCC1. The molecule has 2 aromatic heterocycles. The van der Waals surface area contributed by atoms with E-state index in [9.17, 15) is 8.42 Å². The number of benzene rings is 1. The highest BCUT2D eigenvalue weighted by Crippen LogP contribution is 2.25. The van der Waals surface area contributed by atoms with E-state index >= 15 is 0 Å². The van der Waals surface area contributed by atoms with Gasteiger partial charge in [-0.25, -0.2) is 18.4 Å². The van der Waals surface area contributed by atoms with Gasteiger partial charge in [-0.3, -0.25) is 0 Å². The van der Waals surface area contributed by atoms with Crippen molar-refractivity contribution in [2.24, 2.45) is 0 Å².